The quantitative estimate of drug-likeness (QED) is 0.546. The molecule has 3 N–H and O–H groups in total. The standard InChI is InChI=1S/C19H17N3O5/c23-10-13-4-6-16(27-13)22-7-1-2-11(9-22)17(24)20-12-3-5-14-15(8-12)19(26)21-18(14)25/h1-3,5,7-9,13,16,23H,4,6,10H2,(H-,20,21,24,25,26)/p+1. The molecule has 0 radical (unpaired) electrons. The summed E-state index contributed by atoms with van der Waals surface area (Å²) in [4.78, 5) is 35.9. The van der Waals surface area contributed by atoms with Crippen molar-refractivity contribution in [3.63, 3.8) is 0 Å². The van der Waals surface area contributed by atoms with E-state index in [2.05, 4.69) is 10.6 Å². The molecule has 0 bridgehead atoms. The van der Waals surface area contributed by atoms with Crippen LogP contribution in [0.4, 0.5) is 5.69 Å². The van der Waals surface area contributed by atoms with Crippen molar-refractivity contribution in [2.75, 3.05) is 11.9 Å². The lowest BCUT2D eigenvalue weighted by Gasteiger charge is -2.09. The fraction of sp³-hybridized carbons (Fsp3) is 0.263. The van der Waals surface area contributed by atoms with Crippen molar-refractivity contribution >= 4 is 23.4 Å². The summed E-state index contributed by atoms with van der Waals surface area (Å²) >= 11 is 0. The van der Waals surface area contributed by atoms with Crippen molar-refractivity contribution in [1.29, 1.82) is 0 Å². The topological polar surface area (TPSA) is 109 Å². The molecule has 2 aliphatic rings. The van der Waals surface area contributed by atoms with Gasteiger partial charge in [0.2, 0.25) is 0 Å². The van der Waals surface area contributed by atoms with Gasteiger partial charge in [-0.15, -0.1) is 0 Å². The first-order chi connectivity index (χ1) is 13.0. The number of aliphatic hydroxyl groups is 1. The van der Waals surface area contributed by atoms with Crippen LogP contribution in [-0.4, -0.2) is 35.5 Å². The molecule has 1 aromatic heterocycles. The van der Waals surface area contributed by atoms with Gasteiger partial charge in [0, 0.05) is 18.2 Å². The van der Waals surface area contributed by atoms with Gasteiger partial charge in [0.25, 0.3) is 23.9 Å². The zero-order valence-corrected chi connectivity index (χ0v) is 14.3. The number of benzene rings is 1. The zero-order chi connectivity index (χ0) is 19.0. The van der Waals surface area contributed by atoms with Crippen molar-refractivity contribution in [3.8, 4) is 0 Å². The Morgan fingerprint density at radius 2 is 2.04 bits per heavy atom. The molecule has 0 saturated carbocycles. The van der Waals surface area contributed by atoms with Gasteiger partial charge in [-0.25, -0.2) is 0 Å². The van der Waals surface area contributed by atoms with Crippen molar-refractivity contribution in [2.45, 2.75) is 25.2 Å². The SMILES string of the molecule is O=C(Nc1ccc2c(c1)C(=O)NC2=O)c1ccc[n+](C2CCC(CO)O2)c1. The summed E-state index contributed by atoms with van der Waals surface area (Å²) < 4.78 is 7.53. The molecule has 138 valence electrons. The van der Waals surface area contributed by atoms with Crippen LogP contribution < -0.4 is 15.2 Å². The van der Waals surface area contributed by atoms with E-state index in [4.69, 9.17) is 4.74 Å². The van der Waals surface area contributed by atoms with Crippen molar-refractivity contribution in [3.05, 3.63) is 59.4 Å². The molecule has 0 spiro atoms. The Labute approximate surface area is 154 Å². The molecule has 1 saturated heterocycles. The highest BCUT2D eigenvalue weighted by Crippen LogP contribution is 2.24. The number of ether oxygens (including phenoxy) is 1. The van der Waals surface area contributed by atoms with Crippen molar-refractivity contribution < 1.29 is 28.8 Å². The highest BCUT2D eigenvalue weighted by atomic mass is 16.5. The first kappa shape index (κ1) is 17.3. The maximum absolute atomic E-state index is 12.6. The van der Waals surface area contributed by atoms with Gasteiger partial charge in [0.1, 0.15) is 5.56 Å². The van der Waals surface area contributed by atoms with Gasteiger partial charge >= 0.3 is 0 Å². The van der Waals surface area contributed by atoms with Gasteiger partial charge in [-0.05, 0) is 30.7 Å². The van der Waals surface area contributed by atoms with Crippen LogP contribution >= 0.6 is 0 Å². The molecule has 2 aliphatic heterocycles. The van der Waals surface area contributed by atoms with Crippen LogP contribution in [0.3, 0.4) is 0 Å². The molecule has 1 aromatic carbocycles. The third kappa shape index (κ3) is 3.32. The molecule has 27 heavy (non-hydrogen) atoms. The Morgan fingerprint density at radius 1 is 1.22 bits per heavy atom. The first-order valence-corrected chi connectivity index (χ1v) is 8.63. The summed E-state index contributed by atoms with van der Waals surface area (Å²) in [7, 11) is 0. The summed E-state index contributed by atoms with van der Waals surface area (Å²) in [6.45, 7) is -0.0222. The van der Waals surface area contributed by atoms with E-state index in [0.29, 0.717) is 16.8 Å². The minimum absolute atomic E-state index is 0.0222. The highest BCUT2D eigenvalue weighted by molar-refractivity contribution is 6.22. The average molecular weight is 368 g/mol. The van der Waals surface area contributed by atoms with Crippen LogP contribution in [-0.2, 0) is 4.74 Å². The summed E-state index contributed by atoms with van der Waals surface area (Å²) in [5, 5.41) is 14.1. The van der Waals surface area contributed by atoms with Crippen LogP contribution in [0, 0.1) is 0 Å². The van der Waals surface area contributed by atoms with Crippen LogP contribution in [0.5, 0.6) is 0 Å². The zero-order valence-electron chi connectivity index (χ0n) is 14.3. The maximum atomic E-state index is 12.6. The number of amides is 3. The lowest BCUT2D eigenvalue weighted by molar-refractivity contribution is -0.759. The highest BCUT2D eigenvalue weighted by Gasteiger charge is 2.32. The molecular formula is C19H18N3O5+. The Bertz CT molecular complexity index is 943. The second kappa shape index (κ2) is 6.90. The molecule has 2 atom stereocenters. The van der Waals surface area contributed by atoms with Crippen LogP contribution in [0.2, 0.25) is 0 Å². The number of aliphatic hydroxyl groups excluding tert-OH is 1. The number of carbonyl (C=O) groups excluding carboxylic acids is 3. The van der Waals surface area contributed by atoms with E-state index < -0.39 is 11.8 Å². The number of nitrogens with one attached hydrogen (secondary N) is 2. The van der Waals surface area contributed by atoms with Gasteiger partial charge in [-0.2, -0.15) is 4.57 Å². The monoisotopic (exact) mass is 368 g/mol. The van der Waals surface area contributed by atoms with E-state index in [0.717, 1.165) is 12.8 Å². The number of aromatic nitrogens is 1. The number of anilines is 1. The predicted octanol–water partition coefficient (Wildman–Crippen LogP) is 0.780. The molecular weight excluding hydrogens is 350 g/mol. The minimum atomic E-state index is -0.472. The number of rotatable bonds is 4. The first-order valence-electron chi connectivity index (χ1n) is 8.63. The molecule has 0 aliphatic carbocycles. The Hall–Kier alpha value is -3.10. The van der Waals surface area contributed by atoms with Gasteiger partial charge in [-0.1, -0.05) is 0 Å². The van der Waals surface area contributed by atoms with E-state index >= 15 is 0 Å². The average Bonchev–Trinajstić information content (AvgIpc) is 3.27. The molecule has 1 fully saturated rings. The van der Waals surface area contributed by atoms with Gasteiger partial charge in [0.15, 0.2) is 12.4 Å². The summed E-state index contributed by atoms with van der Waals surface area (Å²) in [6, 6.07) is 8.00. The maximum Gasteiger partial charge on any atom is 0.262 e. The van der Waals surface area contributed by atoms with Crippen LogP contribution in [0.15, 0.2) is 42.7 Å². The number of fused-ring (bicyclic) bond motifs is 1. The Morgan fingerprint density at radius 3 is 2.81 bits per heavy atom. The summed E-state index contributed by atoms with van der Waals surface area (Å²) in [6.07, 6.45) is 4.62. The molecule has 3 amide bonds. The predicted molar refractivity (Wildman–Crippen MR) is 93.1 cm³/mol. The normalized spacial score (nSPS) is 21.1. The molecule has 2 unspecified atom stereocenters. The van der Waals surface area contributed by atoms with E-state index in [1.807, 2.05) is 6.20 Å². The fourth-order valence-corrected chi connectivity index (χ4v) is 3.30. The number of imide groups is 1. The number of hydrogen-bond acceptors (Lipinski definition) is 5. The van der Waals surface area contributed by atoms with E-state index in [1.54, 1.807) is 29.0 Å². The largest absolute Gasteiger partial charge is 0.394 e. The molecule has 4 rings (SSSR count). The lowest BCUT2D eigenvalue weighted by Crippen LogP contribution is -2.40. The summed E-state index contributed by atoms with van der Waals surface area (Å²) in [5.41, 5.74) is 1.40. The lowest BCUT2D eigenvalue weighted by atomic mass is 10.1. The van der Waals surface area contributed by atoms with Crippen molar-refractivity contribution in [2.24, 2.45) is 0 Å². The second-order valence-electron chi connectivity index (χ2n) is 6.51. The molecule has 2 aromatic rings. The van der Waals surface area contributed by atoms with Gasteiger partial charge in [0.05, 0.1) is 23.8 Å². The van der Waals surface area contributed by atoms with Crippen molar-refractivity contribution in [1.82, 2.24) is 5.32 Å². The third-order valence-corrected chi connectivity index (χ3v) is 4.70. The van der Waals surface area contributed by atoms with Crippen LogP contribution in [0.25, 0.3) is 0 Å². The molecule has 8 heteroatoms. The number of hydrogen-bond donors (Lipinski definition) is 3. The summed E-state index contributed by atoms with van der Waals surface area (Å²) in [5.74, 6) is -1.25. The minimum Gasteiger partial charge on any atom is -0.394 e. The smallest absolute Gasteiger partial charge is 0.262 e. The second-order valence-corrected chi connectivity index (χ2v) is 6.51. The molecule has 8 nitrogen and oxygen atoms in total. The van der Waals surface area contributed by atoms with E-state index in [1.165, 1.54) is 12.1 Å². The van der Waals surface area contributed by atoms with Crippen LogP contribution in [0.1, 0.15) is 50.1 Å². The number of nitrogens with zero attached hydrogens (tertiary/aromatic N) is 1. The van der Waals surface area contributed by atoms with Gasteiger partial charge in [-0.3, -0.25) is 19.7 Å². The number of pyridine rings is 1. The Balaban J connectivity index is 1.51. The van der Waals surface area contributed by atoms with E-state index in [-0.39, 0.29) is 30.4 Å². The number of carbonyl (C=O) groups is 3. The Kier molecular flexibility index (Phi) is 4.43. The van der Waals surface area contributed by atoms with Gasteiger partial charge < -0.3 is 15.2 Å². The molecule has 3 heterocycles. The fourth-order valence-electron chi connectivity index (χ4n) is 3.30. The third-order valence-electron chi connectivity index (χ3n) is 4.70. The van der Waals surface area contributed by atoms with E-state index in [9.17, 15) is 19.5 Å².